The second-order valence-electron chi connectivity index (χ2n) is 7.85. The zero-order valence-electron chi connectivity index (χ0n) is 18.4. The van der Waals surface area contributed by atoms with Crippen LogP contribution in [-0.4, -0.2) is 67.5 Å². The molecule has 0 saturated heterocycles. The summed E-state index contributed by atoms with van der Waals surface area (Å²) in [6.07, 6.45) is 1.27. The number of hydrogen-bond acceptors (Lipinski definition) is 5. The van der Waals surface area contributed by atoms with Crippen molar-refractivity contribution in [2.24, 2.45) is 5.92 Å². The molecule has 1 heterocycles. The number of likely N-dealkylation sites (N-methyl/N-ethyl adjacent to an activating group) is 1. The van der Waals surface area contributed by atoms with E-state index in [-0.39, 0.29) is 35.6 Å². The SMILES string of the molecule is CCCC#Cc1ccc2c(c1)O[C@H](CN(C)C(C)=O)[C@@H](C)CN([C@@H](C)CO)S2(=O)=O. The summed E-state index contributed by atoms with van der Waals surface area (Å²) >= 11 is 0. The van der Waals surface area contributed by atoms with Gasteiger partial charge in [-0.15, -0.1) is 0 Å². The zero-order valence-corrected chi connectivity index (χ0v) is 19.2. The Kier molecular flexibility index (Phi) is 8.30. The molecule has 1 aliphatic heterocycles. The number of carbonyl (C=O) groups excluding carboxylic acids is 1. The molecular formula is C22H32N2O5S. The molecule has 7 nitrogen and oxygen atoms in total. The van der Waals surface area contributed by atoms with Gasteiger partial charge >= 0.3 is 0 Å². The van der Waals surface area contributed by atoms with Gasteiger partial charge in [-0.1, -0.05) is 25.7 Å². The van der Waals surface area contributed by atoms with E-state index >= 15 is 0 Å². The number of fused-ring (bicyclic) bond motifs is 1. The first-order valence-corrected chi connectivity index (χ1v) is 11.7. The van der Waals surface area contributed by atoms with Gasteiger partial charge in [-0.05, 0) is 31.5 Å². The number of sulfonamides is 1. The number of aliphatic hydroxyl groups excluding tert-OH is 1. The predicted octanol–water partition coefficient (Wildman–Crippen LogP) is 2.09. The lowest BCUT2D eigenvalue weighted by atomic mass is 10.0. The molecule has 0 aromatic heterocycles. The van der Waals surface area contributed by atoms with Gasteiger partial charge in [0.25, 0.3) is 0 Å². The van der Waals surface area contributed by atoms with Crippen molar-refractivity contribution in [2.75, 3.05) is 26.7 Å². The van der Waals surface area contributed by atoms with Crippen molar-refractivity contribution in [3.05, 3.63) is 23.8 Å². The average Bonchev–Trinajstić information content (AvgIpc) is 2.70. The van der Waals surface area contributed by atoms with E-state index in [0.717, 1.165) is 12.8 Å². The van der Waals surface area contributed by atoms with Crippen molar-refractivity contribution in [1.29, 1.82) is 0 Å². The van der Waals surface area contributed by atoms with Crippen molar-refractivity contribution in [1.82, 2.24) is 9.21 Å². The fourth-order valence-electron chi connectivity index (χ4n) is 3.21. The quantitative estimate of drug-likeness (QED) is 0.714. The maximum Gasteiger partial charge on any atom is 0.247 e. The number of unbranched alkanes of at least 4 members (excludes halogenated alkanes) is 1. The van der Waals surface area contributed by atoms with E-state index in [2.05, 4.69) is 11.8 Å². The highest BCUT2D eigenvalue weighted by molar-refractivity contribution is 7.89. The average molecular weight is 437 g/mol. The Morgan fingerprint density at radius 3 is 2.73 bits per heavy atom. The topological polar surface area (TPSA) is 87.2 Å². The lowest BCUT2D eigenvalue weighted by molar-refractivity contribution is -0.129. The molecule has 166 valence electrons. The molecule has 1 N–H and O–H groups in total. The van der Waals surface area contributed by atoms with Gasteiger partial charge in [0.15, 0.2) is 0 Å². The number of amides is 1. The van der Waals surface area contributed by atoms with Gasteiger partial charge in [0, 0.05) is 44.5 Å². The summed E-state index contributed by atoms with van der Waals surface area (Å²) in [6.45, 7) is 7.30. The van der Waals surface area contributed by atoms with E-state index in [1.54, 1.807) is 31.0 Å². The smallest absolute Gasteiger partial charge is 0.247 e. The van der Waals surface area contributed by atoms with Crippen LogP contribution in [0, 0.1) is 17.8 Å². The molecule has 0 spiro atoms. The van der Waals surface area contributed by atoms with Gasteiger partial charge in [-0.2, -0.15) is 4.31 Å². The number of hydrogen-bond donors (Lipinski definition) is 1. The summed E-state index contributed by atoms with van der Waals surface area (Å²) < 4.78 is 34.2. The Balaban J connectivity index is 2.57. The van der Waals surface area contributed by atoms with Crippen LogP contribution in [0.1, 0.15) is 46.1 Å². The van der Waals surface area contributed by atoms with E-state index in [1.807, 2.05) is 13.8 Å². The molecule has 0 saturated carbocycles. The Morgan fingerprint density at radius 2 is 2.13 bits per heavy atom. The van der Waals surface area contributed by atoms with Crippen LogP contribution in [-0.2, 0) is 14.8 Å². The summed E-state index contributed by atoms with van der Waals surface area (Å²) in [7, 11) is -2.19. The Labute approximate surface area is 180 Å². The van der Waals surface area contributed by atoms with Crippen LogP contribution in [0.3, 0.4) is 0 Å². The maximum absolute atomic E-state index is 13.4. The molecule has 30 heavy (non-hydrogen) atoms. The molecule has 1 aromatic rings. The van der Waals surface area contributed by atoms with Crippen LogP contribution in [0.15, 0.2) is 23.1 Å². The van der Waals surface area contributed by atoms with E-state index in [4.69, 9.17) is 4.74 Å². The summed E-state index contributed by atoms with van der Waals surface area (Å²) in [5.41, 5.74) is 0.672. The number of carbonyl (C=O) groups is 1. The van der Waals surface area contributed by atoms with Gasteiger partial charge in [-0.3, -0.25) is 4.79 Å². The molecule has 1 aliphatic rings. The first-order valence-electron chi connectivity index (χ1n) is 10.3. The summed E-state index contributed by atoms with van der Waals surface area (Å²) in [6, 6.07) is 4.25. The van der Waals surface area contributed by atoms with Gasteiger partial charge < -0.3 is 14.7 Å². The molecule has 3 atom stereocenters. The van der Waals surface area contributed by atoms with Gasteiger partial charge in [0.1, 0.15) is 16.7 Å². The zero-order chi connectivity index (χ0) is 22.5. The van der Waals surface area contributed by atoms with Crippen LogP contribution in [0.2, 0.25) is 0 Å². The van der Waals surface area contributed by atoms with Crippen LogP contribution in [0.5, 0.6) is 5.75 Å². The highest BCUT2D eigenvalue weighted by Gasteiger charge is 2.38. The minimum absolute atomic E-state index is 0.0474. The minimum Gasteiger partial charge on any atom is -0.487 e. The third kappa shape index (κ3) is 5.54. The number of nitrogens with zero attached hydrogens (tertiary/aromatic N) is 2. The summed E-state index contributed by atoms with van der Waals surface area (Å²) in [4.78, 5) is 13.4. The normalized spacial score (nSPS) is 21.8. The number of ether oxygens (including phenoxy) is 1. The molecule has 0 unspecified atom stereocenters. The minimum atomic E-state index is -3.88. The molecule has 0 fully saturated rings. The highest BCUT2D eigenvalue weighted by Crippen LogP contribution is 2.34. The fourth-order valence-corrected chi connectivity index (χ4v) is 5.04. The molecule has 0 aliphatic carbocycles. The highest BCUT2D eigenvalue weighted by atomic mass is 32.2. The molecule has 1 amide bonds. The lowest BCUT2D eigenvalue weighted by Gasteiger charge is -2.37. The largest absolute Gasteiger partial charge is 0.487 e. The number of aliphatic hydroxyl groups is 1. The molecule has 0 radical (unpaired) electrons. The van der Waals surface area contributed by atoms with E-state index in [1.165, 1.54) is 17.3 Å². The van der Waals surface area contributed by atoms with Crippen LogP contribution < -0.4 is 4.74 Å². The summed E-state index contributed by atoms with van der Waals surface area (Å²) in [5.74, 6) is 6.02. The molecule has 8 heteroatoms. The van der Waals surface area contributed by atoms with Gasteiger partial charge in [0.05, 0.1) is 13.2 Å². The maximum atomic E-state index is 13.4. The number of benzene rings is 1. The van der Waals surface area contributed by atoms with Crippen molar-refractivity contribution < 1.29 is 23.1 Å². The molecule has 1 aromatic carbocycles. The van der Waals surface area contributed by atoms with Crippen LogP contribution in [0.25, 0.3) is 0 Å². The fraction of sp³-hybridized carbons (Fsp3) is 0.591. The standard InChI is InChI=1S/C22H32N2O5S/c1-6-7-8-9-19-10-11-22-20(12-19)29-21(14-23(5)18(4)26)16(2)13-24(17(3)15-25)30(22,27)28/h10-12,16-17,21,25H,6-7,13-15H2,1-5H3/t16-,17-,21+/m0/s1. The first kappa shape index (κ1) is 24.2. The van der Waals surface area contributed by atoms with Gasteiger partial charge in [-0.25, -0.2) is 8.42 Å². The molecule has 2 rings (SSSR count). The predicted molar refractivity (Wildman–Crippen MR) is 116 cm³/mol. The van der Waals surface area contributed by atoms with Crippen molar-refractivity contribution in [3.8, 4) is 17.6 Å². The number of rotatable bonds is 5. The van der Waals surface area contributed by atoms with Gasteiger partial charge in [0.2, 0.25) is 15.9 Å². The third-order valence-corrected chi connectivity index (χ3v) is 7.29. The van der Waals surface area contributed by atoms with Crippen LogP contribution >= 0.6 is 0 Å². The lowest BCUT2D eigenvalue weighted by Crippen LogP contribution is -2.50. The van der Waals surface area contributed by atoms with E-state index < -0.39 is 22.2 Å². The van der Waals surface area contributed by atoms with Crippen molar-refractivity contribution in [3.63, 3.8) is 0 Å². The molecular weight excluding hydrogens is 404 g/mol. The second kappa shape index (κ2) is 10.3. The van der Waals surface area contributed by atoms with E-state index in [9.17, 15) is 18.3 Å². The van der Waals surface area contributed by atoms with E-state index in [0.29, 0.717) is 12.1 Å². The second-order valence-corrected chi connectivity index (χ2v) is 9.71. The van der Waals surface area contributed by atoms with Crippen LogP contribution in [0.4, 0.5) is 0 Å². The first-order chi connectivity index (χ1) is 14.1. The van der Waals surface area contributed by atoms with Crippen molar-refractivity contribution in [2.45, 2.75) is 57.6 Å². The Hall–Kier alpha value is -2.08. The monoisotopic (exact) mass is 436 g/mol. The van der Waals surface area contributed by atoms with Crippen molar-refractivity contribution >= 4 is 15.9 Å². The summed E-state index contributed by atoms with van der Waals surface area (Å²) in [5, 5.41) is 9.66. The third-order valence-electron chi connectivity index (χ3n) is 5.27. The Bertz CT molecular complexity index is 919. The molecule has 0 bridgehead atoms. The Morgan fingerprint density at radius 1 is 1.43 bits per heavy atom.